The molecule has 0 aliphatic heterocycles. The average Bonchev–Trinajstić information content (AvgIpc) is 2.01. The van der Waals surface area contributed by atoms with Gasteiger partial charge in [0.15, 0.2) is 0 Å². The molecule has 0 aromatic carbocycles. The molecule has 0 rings (SSSR count). The Bertz CT molecular complexity index is 299. The molecule has 0 amide bonds. The van der Waals surface area contributed by atoms with Crippen molar-refractivity contribution < 1.29 is 81.1 Å². The molecule has 2 unspecified atom stereocenters. The van der Waals surface area contributed by atoms with E-state index in [-0.39, 0.29) is 33.6 Å². The summed E-state index contributed by atoms with van der Waals surface area (Å²) in [6, 6.07) is 0. The molecule has 2 radical (unpaired) electrons. The second kappa shape index (κ2) is 15.8. The van der Waals surface area contributed by atoms with E-state index in [4.69, 9.17) is 27.7 Å². The van der Waals surface area contributed by atoms with Gasteiger partial charge in [-0.15, -0.1) is 0 Å². The third-order valence-electron chi connectivity index (χ3n) is 0.682. The standard InChI is InChI=1S/2C3H6O3.2Co.H2O4S/c2*1-2(4)3(5)6;;;1-5(2,3)4/h2*2,4H,1H3,(H,5,6);;;(H2,1,2,3,4)/q;;2*+2;/p-4. The summed E-state index contributed by atoms with van der Waals surface area (Å²) in [7, 11) is -5.17. The van der Waals surface area contributed by atoms with Crippen LogP contribution >= 0.6 is 0 Å². The van der Waals surface area contributed by atoms with Crippen LogP contribution in [0.4, 0.5) is 0 Å². The molecule has 0 aliphatic carbocycles. The molecule has 2 N–H and O–H groups in total. The fourth-order valence-electron chi connectivity index (χ4n) is 0. The second-order valence-electron chi connectivity index (χ2n) is 2.40. The van der Waals surface area contributed by atoms with Crippen LogP contribution in [0, 0.1) is 0 Å². The van der Waals surface area contributed by atoms with Gasteiger partial charge in [-0.25, -0.2) is 0 Å². The van der Waals surface area contributed by atoms with Crippen LogP contribution in [0.5, 0.6) is 0 Å². The Labute approximate surface area is 129 Å². The Morgan fingerprint density at radius 1 is 0.895 bits per heavy atom. The first-order valence-electron chi connectivity index (χ1n) is 3.73. The van der Waals surface area contributed by atoms with E-state index in [1.165, 1.54) is 0 Å². The zero-order valence-corrected chi connectivity index (χ0v) is 12.3. The van der Waals surface area contributed by atoms with E-state index in [0.717, 1.165) is 13.8 Å². The van der Waals surface area contributed by atoms with Gasteiger partial charge in [0, 0.05) is 10.4 Å². The predicted octanol–water partition coefficient (Wildman–Crippen LogP) is -5.11. The van der Waals surface area contributed by atoms with E-state index in [2.05, 4.69) is 0 Å². The summed E-state index contributed by atoms with van der Waals surface area (Å²) < 4.78 is 34.1. The molecule has 19 heavy (non-hydrogen) atoms. The van der Waals surface area contributed by atoms with E-state index in [1.807, 2.05) is 0 Å². The predicted molar refractivity (Wildman–Crippen MR) is 43.9 cm³/mol. The van der Waals surface area contributed by atoms with Gasteiger partial charge in [-0.3, -0.25) is 8.42 Å². The Morgan fingerprint density at radius 2 is 0.947 bits per heavy atom. The van der Waals surface area contributed by atoms with Gasteiger partial charge in [-0.2, -0.15) is 0 Å². The number of carboxylic acid groups (broad SMARTS) is 2. The maximum atomic E-state index is 9.34. The summed E-state index contributed by atoms with van der Waals surface area (Å²) in [6.07, 6.45) is -2.69. The Morgan fingerprint density at radius 3 is 0.947 bits per heavy atom. The van der Waals surface area contributed by atoms with Crippen molar-refractivity contribution in [3.05, 3.63) is 0 Å². The van der Waals surface area contributed by atoms with Gasteiger partial charge in [-0.05, 0) is 13.8 Å². The molecule has 2 atom stereocenters. The van der Waals surface area contributed by atoms with Crippen molar-refractivity contribution >= 4 is 22.3 Å². The molecule has 0 saturated heterocycles. The number of hydrogen-bond acceptors (Lipinski definition) is 10. The molecule has 0 spiro atoms. The molecule has 0 saturated carbocycles. The molecule has 13 heteroatoms. The summed E-state index contributed by atoms with van der Waals surface area (Å²) >= 11 is 0. The number of carbonyl (C=O) groups excluding carboxylic acids is 2. The maximum Gasteiger partial charge on any atom is 2.00 e. The molecule has 10 nitrogen and oxygen atoms in total. The van der Waals surface area contributed by atoms with Crippen LogP contribution in [0.2, 0.25) is 0 Å². The quantitative estimate of drug-likeness (QED) is 0.338. The zero-order chi connectivity index (χ0) is 14.8. The monoisotopic (exact) mass is 392 g/mol. The van der Waals surface area contributed by atoms with Gasteiger partial charge < -0.3 is 39.1 Å². The first-order valence-corrected chi connectivity index (χ1v) is 5.06. The molecule has 0 aromatic heterocycles. The normalized spacial score (nSPS) is 11.7. The number of hydrogen-bond donors (Lipinski definition) is 2. The van der Waals surface area contributed by atoms with Crippen LogP contribution < -0.4 is 10.2 Å². The SMILES string of the molecule is CC(O)C(=O)[O-].CC(O)C(=O)[O-].O=S(=O)([O-])[O-].[Co+2].[Co+2]. The molecular weight excluding hydrogens is 382 g/mol. The van der Waals surface area contributed by atoms with Crippen LogP contribution in [-0.4, -0.2) is 51.9 Å². The van der Waals surface area contributed by atoms with Crippen molar-refractivity contribution in [2.45, 2.75) is 26.1 Å². The van der Waals surface area contributed by atoms with Crippen LogP contribution in [0.1, 0.15) is 13.8 Å². The van der Waals surface area contributed by atoms with Crippen molar-refractivity contribution in [2.24, 2.45) is 0 Å². The third-order valence-corrected chi connectivity index (χ3v) is 0.682. The van der Waals surface area contributed by atoms with Crippen LogP contribution in [0.25, 0.3) is 0 Å². The minimum absolute atomic E-state index is 0. The van der Waals surface area contributed by atoms with Gasteiger partial charge >= 0.3 is 33.6 Å². The number of aliphatic hydroxyl groups is 2. The second-order valence-corrected chi connectivity index (χ2v) is 3.21. The van der Waals surface area contributed by atoms with Crippen molar-refractivity contribution in [3.8, 4) is 0 Å². The minimum atomic E-state index is -5.17. The average molecular weight is 392 g/mol. The number of rotatable bonds is 2. The molecule has 0 fully saturated rings. The van der Waals surface area contributed by atoms with Crippen molar-refractivity contribution in [2.75, 3.05) is 0 Å². The molecule has 0 aliphatic rings. The molecular formula is C6H10Co2O10S. The number of carbonyl (C=O) groups is 2. The molecule has 118 valence electrons. The summed E-state index contributed by atoms with van der Waals surface area (Å²) in [4.78, 5) is 18.7. The number of carboxylic acids is 2. The largest absolute Gasteiger partial charge is 2.00 e. The van der Waals surface area contributed by atoms with Gasteiger partial charge in [0.1, 0.15) is 0 Å². The van der Waals surface area contributed by atoms with Gasteiger partial charge in [0.2, 0.25) is 0 Å². The van der Waals surface area contributed by atoms with Crippen LogP contribution in [0.15, 0.2) is 0 Å². The van der Waals surface area contributed by atoms with Crippen molar-refractivity contribution in [3.63, 3.8) is 0 Å². The van der Waals surface area contributed by atoms with Crippen LogP contribution in [-0.2, 0) is 53.5 Å². The number of aliphatic hydroxyl groups excluding tert-OH is 2. The minimum Gasteiger partial charge on any atom is -0.759 e. The fourth-order valence-corrected chi connectivity index (χ4v) is 0. The zero-order valence-electron chi connectivity index (χ0n) is 9.39. The topological polar surface area (TPSA) is 201 Å². The van der Waals surface area contributed by atoms with Gasteiger partial charge in [0.05, 0.1) is 24.1 Å². The fraction of sp³-hybridized carbons (Fsp3) is 0.667. The van der Waals surface area contributed by atoms with Gasteiger partial charge in [0.25, 0.3) is 0 Å². The summed E-state index contributed by atoms with van der Waals surface area (Å²) in [5.74, 6) is -2.87. The Kier molecular flexibility index (Phi) is 26.0. The van der Waals surface area contributed by atoms with E-state index >= 15 is 0 Å². The van der Waals surface area contributed by atoms with E-state index in [0.29, 0.717) is 0 Å². The third kappa shape index (κ3) is 73.3. The number of aliphatic carboxylic acids is 2. The van der Waals surface area contributed by atoms with Crippen LogP contribution in [0.3, 0.4) is 0 Å². The van der Waals surface area contributed by atoms with Gasteiger partial charge in [-0.1, -0.05) is 0 Å². The summed E-state index contributed by atoms with van der Waals surface area (Å²) in [6.45, 7) is 2.27. The van der Waals surface area contributed by atoms with E-state index < -0.39 is 34.5 Å². The van der Waals surface area contributed by atoms with Crippen molar-refractivity contribution in [1.82, 2.24) is 0 Å². The summed E-state index contributed by atoms with van der Waals surface area (Å²) in [5, 5.41) is 34.6. The Balaban J connectivity index is -0.0000000492. The molecule has 0 bridgehead atoms. The Hall–Kier alpha value is -0.257. The molecule has 0 heterocycles. The van der Waals surface area contributed by atoms with Crippen molar-refractivity contribution in [1.29, 1.82) is 0 Å². The molecule has 0 aromatic rings. The smallest absolute Gasteiger partial charge is 0.759 e. The van der Waals surface area contributed by atoms with E-state index in [9.17, 15) is 19.8 Å². The first-order chi connectivity index (χ1) is 7.29. The first kappa shape index (κ1) is 31.2. The maximum absolute atomic E-state index is 9.34. The summed E-state index contributed by atoms with van der Waals surface area (Å²) in [5.41, 5.74) is 0. The van der Waals surface area contributed by atoms with E-state index in [1.54, 1.807) is 0 Å².